The van der Waals surface area contributed by atoms with E-state index in [1.165, 1.54) is 0 Å². The van der Waals surface area contributed by atoms with Crippen molar-refractivity contribution in [3.63, 3.8) is 0 Å². The summed E-state index contributed by atoms with van der Waals surface area (Å²) in [6, 6.07) is 0.0131. The zero-order chi connectivity index (χ0) is 14.0. The molecule has 3 unspecified atom stereocenters. The molecule has 0 radical (unpaired) electrons. The van der Waals surface area contributed by atoms with Crippen LogP contribution in [0.5, 0.6) is 0 Å². The largest absolute Gasteiger partial charge is 0.481 e. The topological polar surface area (TPSA) is 78.9 Å². The molecule has 0 aromatic carbocycles. The minimum absolute atomic E-state index is 0.0772. The maximum absolute atomic E-state index is 12.0. The molecular weight excluding hydrogens is 248 g/mol. The Bertz CT molecular complexity index is 349. The van der Waals surface area contributed by atoms with Crippen LogP contribution in [0.3, 0.4) is 0 Å². The Kier molecular flexibility index (Phi) is 4.29. The van der Waals surface area contributed by atoms with Gasteiger partial charge in [0.1, 0.15) is 0 Å². The third kappa shape index (κ3) is 3.18. The molecule has 2 saturated heterocycles. The number of carboxylic acids is 1. The highest BCUT2D eigenvalue weighted by molar-refractivity contribution is 5.76. The highest BCUT2D eigenvalue weighted by Gasteiger charge is 2.37. The number of ether oxygens (including phenoxy) is 1. The molecule has 2 N–H and O–H groups in total. The number of carboxylic acid groups (broad SMARTS) is 1. The van der Waals surface area contributed by atoms with Crippen LogP contribution in [0.2, 0.25) is 0 Å². The third-order valence-electron chi connectivity index (χ3n) is 4.32. The van der Waals surface area contributed by atoms with E-state index in [0.29, 0.717) is 25.6 Å². The van der Waals surface area contributed by atoms with Crippen molar-refractivity contribution >= 4 is 12.0 Å². The maximum atomic E-state index is 12.0. The summed E-state index contributed by atoms with van der Waals surface area (Å²) in [4.78, 5) is 24.5. The number of amides is 2. The van der Waals surface area contributed by atoms with Gasteiger partial charge in [-0.15, -0.1) is 0 Å². The number of hydrogen-bond acceptors (Lipinski definition) is 3. The number of nitrogens with one attached hydrogen (secondary N) is 1. The van der Waals surface area contributed by atoms with Gasteiger partial charge >= 0.3 is 12.0 Å². The van der Waals surface area contributed by atoms with Crippen molar-refractivity contribution in [1.82, 2.24) is 10.2 Å². The summed E-state index contributed by atoms with van der Waals surface area (Å²) in [6.07, 6.45) is 0.986. The van der Waals surface area contributed by atoms with Gasteiger partial charge in [-0.1, -0.05) is 6.92 Å². The summed E-state index contributed by atoms with van der Waals surface area (Å²) >= 11 is 0. The molecule has 2 aliphatic rings. The summed E-state index contributed by atoms with van der Waals surface area (Å²) in [5.41, 5.74) is 0. The fourth-order valence-corrected chi connectivity index (χ4v) is 2.55. The van der Waals surface area contributed by atoms with E-state index in [2.05, 4.69) is 5.32 Å². The minimum atomic E-state index is -0.790. The van der Waals surface area contributed by atoms with Crippen LogP contribution < -0.4 is 5.32 Å². The molecule has 0 aliphatic carbocycles. The Hall–Kier alpha value is -1.30. The number of carbonyl (C=O) groups excluding carboxylic acids is 1. The third-order valence-corrected chi connectivity index (χ3v) is 4.32. The van der Waals surface area contributed by atoms with Crippen LogP contribution in [0.25, 0.3) is 0 Å². The molecule has 2 fully saturated rings. The quantitative estimate of drug-likeness (QED) is 0.791. The second kappa shape index (κ2) is 5.77. The van der Waals surface area contributed by atoms with Gasteiger partial charge in [0.2, 0.25) is 0 Å². The van der Waals surface area contributed by atoms with Crippen LogP contribution in [0, 0.1) is 17.8 Å². The first kappa shape index (κ1) is 14.1. The van der Waals surface area contributed by atoms with Gasteiger partial charge in [-0.3, -0.25) is 4.79 Å². The van der Waals surface area contributed by atoms with Gasteiger partial charge in [0.25, 0.3) is 0 Å². The summed E-state index contributed by atoms with van der Waals surface area (Å²) < 4.78 is 5.31. The molecule has 0 spiro atoms. The van der Waals surface area contributed by atoms with E-state index in [1.807, 2.05) is 6.92 Å². The summed E-state index contributed by atoms with van der Waals surface area (Å²) in [7, 11) is 0. The predicted molar refractivity (Wildman–Crippen MR) is 68.8 cm³/mol. The first-order chi connectivity index (χ1) is 8.99. The van der Waals surface area contributed by atoms with E-state index in [0.717, 1.165) is 13.0 Å². The van der Waals surface area contributed by atoms with Gasteiger partial charge < -0.3 is 20.1 Å². The zero-order valence-corrected chi connectivity index (χ0v) is 11.5. The van der Waals surface area contributed by atoms with E-state index < -0.39 is 5.97 Å². The summed E-state index contributed by atoms with van der Waals surface area (Å²) in [6.45, 7) is 6.24. The second-order valence-electron chi connectivity index (χ2n) is 5.65. The van der Waals surface area contributed by atoms with Crippen molar-refractivity contribution < 1.29 is 19.4 Å². The number of urea groups is 1. The lowest BCUT2D eigenvalue weighted by molar-refractivity contribution is -0.144. The Morgan fingerprint density at radius 1 is 1.32 bits per heavy atom. The summed E-state index contributed by atoms with van der Waals surface area (Å²) in [5, 5.41) is 11.9. The van der Waals surface area contributed by atoms with Gasteiger partial charge in [0.05, 0.1) is 12.5 Å². The second-order valence-corrected chi connectivity index (χ2v) is 5.65. The van der Waals surface area contributed by atoms with E-state index in [-0.39, 0.29) is 23.9 Å². The average molecular weight is 270 g/mol. The standard InChI is InChI=1S/C13H22N2O4/c1-8(12(16)17)11-5-15(6-11)13(18)14-9(2)10-3-4-19-7-10/h8-11H,3-7H2,1-2H3,(H,14,18)(H,16,17). The first-order valence-electron chi connectivity index (χ1n) is 6.85. The molecule has 2 rings (SSSR count). The molecule has 6 heteroatoms. The van der Waals surface area contributed by atoms with Gasteiger partial charge in [-0.25, -0.2) is 4.79 Å². The molecule has 0 bridgehead atoms. The van der Waals surface area contributed by atoms with E-state index in [4.69, 9.17) is 9.84 Å². The average Bonchev–Trinajstić information content (AvgIpc) is 2.79. The zero-order valence-electron chi connectivity index (χ0n) is 11.5. The van der Waals surface area contributed by atoms with E-state index >= 15 is 0 Å². The van der Waals surface area contributed by atoms with Crippen LogP contribution in [-0.4, -0.2) is 54.4 Å². The fraction of sp³-hybridized carbons (Fsp3) is 0.846. The number of likely N-dealkylation sites (tertiary alicyclic amines) is 1. The summed E-state index contributed by atoms with van der Waals surface area (Å²) in [5.74, 6) is -0.710. The Morgan fingerprint density at radius 2 is 2.00 bits per heavy atom. The molecule has 0 aromatic heterocycles. The van der Waals surface area contributed by atoms with Crippen molar-refractivity contribution in [1.29, 1.82) is 0 Å². The molecular formula is C13H22N2O4. The highest BCUT2D eigenvalue weighted by atomic mass is 16.5. The molecule has 0 aromatic rings. The number of rotatable bonds is 4. The van der Waals surface area contributed by atoms with Crippen LogP contribution in [0.15, 0.2) is 0 Å². The number of aliphatic carboxylic acids is 1. The fourth-order valence-electron chi connectivity index (χ4n) is 2.55. The van der Waals surface area contributed by atoms with Crippen LogP contribution in [-0.2, 0) is 9.53 Å². The Morgan fingerprint density at radius 3 is 2.53 bits per heavy atom. The van der Waals surface area contributed by atoms with Gasteiger partial charge in [0, 0.05) is 37.6 Å². The molecule has 2 heterocycles. The Labute approximate surface area is 113 Å². The van der Waals surface area contributed by atoms with Crippen LogP contribution in [0.4, 0.5) is 4.79 Å². The molecule has 6 nitrogen and oxygen atoms in total. The first-order valence-corrected chi connectivity index (χ1v) is 6.85. The van der Waals surface area contributed by atoms with Crippen molar-refractivity contribution in [2.24, 2.45) is 17.8 Å². The monoisotopic (exact) mass is 270 g/mol. The van der Waals surface area contributed by atoms with Gasteiger partial charge in [0.15, 0.2) is 0 Å². The van der Waals surface area contributed by atoms with Crippen LogP contribution in [0.1, 0.15) is 20.3 Å². The molecule has 108 valence electrons. The SMILES string of the molecule is CC(NC(=O)N1CC(C(C)C(=O)O)C1)C1CCOC1. The number of nitrogens with zero attached hydrogens (tertiary/aromatic N) is 1. The van der Waals surface area contributed by atoms with Gasteiger partial charge in [-0.2, -0.15) is 0 Å². The Balaban J connectivity index is 1.72. The normalized spacial score (nSPS) is 26.6. The molecule has 2 amide bonds. The van der Waals surface area contributed by atoms with Crippen molar-refractivity contribution in [3.05, 3.63) is 0 Å². The van der Waals surface area contributed by atoms with E-state index in [9.17, 15) is 9.59 Å². The maximum Gasteiger partial charge on any atom is 0.317 e. The smallest absolute Gasteiger partial charge is 0.317 e. The minimum Gasteiger partial charge on any atom is -0.481 e. The van der Waals surface area contributed by atoms with Crippen molar-refractivity contribution in [2.75, 3.05) is 26.3 Å². The van der Waals surface area contributed by atoms with Crippen LogP contribution >= 0.6 is 0 Å². The highest BCUT2D eigenvalue weighted by Crippen LogP contribution is 2.24. The lowest BCUT2D eigenvalue weighted by Crippen LogP contribution is -2.58. The number of carbonyl (C=O) groups is 2. The van der Waals surface area contributed by atoms with Crippen molar-refractivity contribution in [2.45, 2.75) is 26.3 Å². The number of hydrogen-bond donors (Lipinski definition) is 2. The lowest BCUT2D eigenvalue weighted by Gasteiger charge is -2.41. The molecule has 2 aliphatic heterocycles. The lowest BCUT2D eigenvalue weighted by atomic mass is 9.87. The molecule has 3 atom stereocenters. The van der Waals surface area contributed by atoms with E-state index in [1.54, 1.807) is 11.8 Å². The van der Waals surface area contributed by atoms with Gasteiger partial charge in [-0.05, 0) is 13.3 Å². The molecule has 0 saturated carbocycles. The van der Waals surface area contributed by atoms with Crippen molar-refractivity contribution in [3.8, 4) is 0 Å². The predicted octanol–water partition coefficient (Wildman–Crippen LogP) is 0.773. The molecule has 19 heavy (non-hydrogen) atoms.